The van der Waals surface area contributed by atoms with Gasteiger partial charge in [-0.05, 0) is 19.3 Å². The fraction of sp³-hybridized carbons (Fsp3) is 1.00. The molecule has 0 aromatic carbocycles. The summed E-state index contributed by atoms with van der Waals surface area (Å²) in [6.07, 6.45) is 4.24. The fourth-order valence-corrected chi connectivity index (χ4v) is 1.97. The van der Waals surface area contributed by atoms with Gasteiger partial charge in [0.1, 0.15) is 9.84 Å². The highest BCUT2D eigenvalue weighted by atomic mass is 32.2. The molecule has 1 aliphatic rings. The highest BCUT2D eigenvalue weighted by Gasteiger charge is 2.35. The van der Waals surface area contributed by atoms with Crippen LogP contribution in [-0.2, 0) is 9.84 Å². The molecule has 2 N–H and O–H groups in total. The van der Waals surface area contributed by atoms with Gasteiger partial charge in [-0.15, -0.1) is 0 Å². The van der Waals surface area contributed by atoms with Crippen LogP contribution in [0.25, 0.3) is 0 Å². The minimum absolute atomic E-state index is 0.108. The molecule has 0 radical (unpaired) electrons. The number of rotatable bonds is 5. The number of hydrogen-bond acceptors (Lipinski definition) is 4. The Hall–Kier alpha value is -0.130. The standard InChI is InChI=1S/C8H17NO3S/c1-13(11,12)6-5-9-8(7-10)3-2-4-8/h9-10H,2-7H2,1H3. The smallest absolute Gasteiger partial charge is 0.148 e. The first-order chi connectivity index (χ1) is 5.97. The third-order valence-electron chi connectivity index (χ3n) is 2.59. The minimum atomic E-state index is -2.88. The van der Waals surface area contributed by atoms with E-state index in [2.05, 4.69) is 5.32 Å². The summed E-state index contributed by atoms with van der Waals surface area (Å²) in [6.45, 7) is 0.552. The molecule has 1 rings (SSSR count). The molecule has 0 unspecified atom stereocenters. The van der Waals surface area contributed by atoms with Crippen LogP contribution in [0.2, 0.25) is 0 Å². The first-order valence-corrected chi connectivity index (χ1v) is 6.57. The second kappa shape index (κ2) is 3.94. The zero-order valence-corrected chi connectivity index (χ0v) is 8.73. The Kier molecular flexibility index (Phi) is 3.32. The van der Waals surface area contributed by atoms with Crippen molar-refractivity contribution in [2.24, 2.45) is 0 Å². The summed E-state index contributed by atoms with van der Waals surface area (Å²) in [5.41, 5.74) is -0.176. The largest absolute Gasteiger partial charge is 0.394 e. The molecule has 0 heterocycles. The van der Waals surface area contributed by atoms with Crippen LogP contribution in [0.5, 0.6) is 0 Å². The topological polar surface area (TPSA) is 66.4 Å². The highest BCUT2D eigenvalue weighted by molar-refractivity contribution is 7.90. The van der Waals surface area contributed by atoms with Crippen LogP contribution in [0, 0.1) is 0 Å². The average molecular weight is 207 g/mol. The van der Waals surface area contributed by atoms with Gasteiger partial charge in [0.2, 0.25) is 0 Å². The predicted molar refractivity (Wildman–Crippen MR) is 51.4 cm³/mol. The summed E-state index contributed by atoms with van der Waals surface area (Å²) < 4.78 is 21.6. The number of sulfone groups is 1. The van der Waals surface area contributed by atoms with Gasteiger partial charge in [-0.2, -0.15) is 0 Å². The van der Waals surface area contributed by atoms with E-state index in [4.69, 9.17) is 5.11 Å². The SMILES string of the molecule is CS(=O)(=O)CCNC1(CO)CCC1. The lowest BCUT2D eigenvalue weighted by atomic mass is 9.77. The van der Waals surface area contributed by atoms with E-state index in [-0.39, 0.29) is 17.9 Å². The van der Waals surface area contributed by atoms with Crippen molar-refractivity contribution in [1.82, 2.24) is 5.32 Å². The Morgan fingerprint density at radius 3 is 2.38 bits per heavy atom. The number of aliphatic hydroxyl groups excluding tert-OH is 1. The molecule has 1 saturated carbocycles. The van der Waals surface area contributed by atoms with E-state index in [0.29, 0.717) is 6.54 Å². The van der Waals surface area contributed by atoms with E-state index < -0.39 is 9.84 Å². The number of aliphatic hydroxyl groups is 1. The van der Waals surface area contributed by atoms with Crippen molar-refractivity contribution in [2.45, 2.75) is 24.8 Å². The van der Waals surface area contributed by atoms with Crippen molar-refractivity contribution < 1.29 is 13.5 Å². The molecule has 0 saturated heterocycles. The van der Waals surface area contributed by atoms with Crippen molar-refractivity contribution in [2.75, 3.05) is 25.2 Å². The molecule has 0 aromatic rings. The Morgan fingerprint density at radius 1 is 1.46 bits per heavy atom. The fourth-order valence-electron chi connectivity index (χ4n) is 1.50. The molecule has 78 valence electrons. The summed E-state index contributed by atoms with van der Waals surface area (Å²) in [5.74, 6) is 0.148. The van der Waals surface area contributed by atoms with E-state index in [1.165, 1.54) is 6.26 Å². The van der Waals surface area contributed by atoms with Crippen LogP contribution >= 0.6 is 0 Å². The van der Waals surface area contributed by atoms with Crippen LogP contribution in [0.15, 0.2) is 0 Å². The van der Waals surface area contributed by atoms with Gasteiger partial charge in [-0.1, -0.05) is 0 Å². The van der Waals surface area contributed by atoms with Gasteiger partial charge in [0.15, 0.2) is 0 Å². The maximum absolute atomic E-state index is 10.8. The van der Waals surface area contributed by atoms with E-state index in [1.54, 1.807) is 0 Å². The van der Waals surface area contributed by atoms with Crippen molar-refractivity contribution in [3.05, 3.63) is 0 Å². The zero-order valence-electron chi connectivity index (χ0n) is 7.91. The predicted octanol–water partition coefficient (Wildman–Crippen LogP) is -0.464. The van der Waals surface area contributed by atoms with Crippen molar-refractivity contribution in [3.8, 4) is 0 Å². The summed E-state index contributed by atoms with van der Waals surface area (Å²) in [7, 11) is -2.88. The molecular weight excluding hydrogens is 190 g/mol. The molecule has 1 fully saturated rings. The molecule has 1 aliphatic carbocycles. The summed E-state index contributed by atoms with van der Waals surface area (Å²) in [5, 5.41) is 12.2. The Labute approximate surface area is 79.3 Å². The highest BCUT2D eigenvalue weighted by Crippen LogP contribution is 2.30. The summed E-state index contributed by atoms with van der Waals surface area (Å²) in [4.78, 5) is 0. The van der Waals surface area contributed by atoms with E-state index in [9.17, 15) is 8.42 Å². The van der Waals surface area contributed by atoms with E-state index in [1.807, 2.05) is 0 Å². The van der Waals surface area contributed by atoms with E-state index in [0.717, 1.165) is 19.3 Å². The number of nitrogens with one attached hydrogen (secondary N) is 1. The van der Waals surface area contributed by atoms with Crippen molar-refractivity contribution >= 4 is 9.84 Å². The van der Waals surface area contributed by atoms with Crippen LogP contribution in [-0.4, -0.2) is 44.2 Å². The lowest BCUT2D eigenvalue weighted by molar-refractivity contribution is 0.0910. The lowest BCUT2D eigenvalue weighted by Crippen LogP contribution is -2.54. The van der Waals surface area contributed by atoms with Gasteiger partial charge < -0.3 is 10.4 Å². The van der Waals surface area contributed by atoms with Gasteiger partial charge in [0, 0.05) is 18.3 Å². The first kappa shape index (κ1) is 10.9. The van der Waals surface area contributed by atoms with Crippen molar-refractivity contribution in [3.63, 3.8) is 0 Å². The average Bonchev–Trinajstić information content (AvgIpc) is 1.92. The first-order valence-electron chi connectivity index (χ1n) is 4.51. The molecule has 4 nitrogen and oxygen atoms in total. The quantitative estimate of drug-likeness (QED) is 0.640. The zero-order chi connectivity index (χ0) is 9.95. The monoisotopic (exact) mass is 207 g/mol. The van der Waals surface area contributed by atoms with Gasteiger partial charge in [0.05, 0.1) is 12.4 Å². The van der Waals surface area contributed by atoms with Gasteiger partial charge in [-0.3, -0.25) is 0 Å². The third kappa shape index (κ3) is 3.25. The van der Waals surface area contributed by atoms with Gasteiger partial charge in [-0.25, -0.2) is 8.42 Å². The van der Waals surface area contributed by atoms with Crippen LogP contribution in [0.1, 0.15) is 19.3 Å². The Bertz CT molecular complexity index is 251. The maximum atomic E-state index is 10.8. The van der Waals surface area contributed by atoms with Gasteiger partial charge >= 0.3 is 0 Å². The minimum Gasteiger partial charge on any atom is -0.394 e. The third-order valence-corrected chi connectivity index (χ3v) is 3.53. The molecule has 0 atom stereocenters. The summed E-state index contributed by atoms with van der Waals surface area (Å²) >= 11 is 0. The number of hydrogen-bond donors (Lipinski definition) is 2. The molecule has 5 heteroatoms. The maximum Gasteiger partial charge on any atom is 0.148 e. The van der Waals surface area contributed by atoms with Crippen LogP contribution in [0.3, 0.4) is 0 Å². The Morgan fingerprint density at radius 2 is 2.08 bits per heavy atom. The lowest BCUT2D eigenvalue weighted by Gasteiger charge is -2.41. The molecule has 0 aromatic heterocycles. The molecular formula is C8H17NO3S. The molecule has 0 spiro atoms. The van der Waals surface area contributed by atoms with Gasteiger partial charge in [0.25, 0.3) is 0 Å². The second-order valence-corrected chi connectivity index (χ2v) is 6.11. The Balaban J connectivity index is 2.26. The second-order valence-electron chi connectivity index (χ2n) is 3.85. The van der Waals surface area contributed by atoms with E-state index >= 15 is 0 Å². The molecule has 0 aliphatic heterocycles. The molecule has 0 bridgehead atoms. The molecule has 13 heavy (non-hydrogen) atoms. The summed E-state index contributed by atoms with van der Waals surface area (Å²) in [6, 6.07) is 0. The normalized spacial score (nSPS) is 21.1. The van der Waals surface area contributed by atoms with Crippen molar-refractivity contribution in [1.29, 1.82) is 0 Å². The van der Waals surface area contributed by atoms with Crippen LogP contribution in [0.4, 0.5) is 0 Å². The molecule has 0 amide bonds. The van der Waals surface area contributed by atoms with Crippen LogP contribution < -0.4 is 5.32 Å².